The van der Waals surface area contributed by atoms with Gasteiger partial charge in [-0.25, -0.2) is 0 Å². The van der Waals surface area contributed by atoms with E-state index in [0.29, 0.717) is 5.92 Å². The highest BCUT2D eigenvalue weighted by atomic mass is 32.2. The Hall–Kier alpha value is -1.25. The standard InChI is InChI=1S/C17H21NS/c1-14(13-18-2)12-15-8-10-17(11-9-15)19-16-6-4-3-5-7-16/h3-11,14,18H,12-13H2,1-2H3. The maximum absolute atomic E-state index is 3.23. The van der Waals surface area contributed by atoms with Crippen molar-refractivity contribution in [2.75, 3.05) is 13.6 Å². The largest absolute Gasteiger partial charge is 0.319 e. The summed E-state index contributed by atoms with van der Waals surface area (Å²) in [6.07, 6.45) is 1.14. The van der Waals surface area contributed by atoms with Crippen LogP contribution in [0.5, 0.6) is 0 Å². The first-order valence-corrected chi connectivity index (χ1v) is 7.56. The molecule has 2 heteroatoms. The Bertz CT molecular complexity index is 478. The van der Waals surface area contributed by atoms with Crippen LogP contribution in [0.25, 0.3) is 0 Å². The maximum atomic E-state index is 3.23. The molecule has 0 aromatic heterocycles. The summed E-state index contributed by atoms with van der Waals surface area (Å²) in [7, 11) is 2.01. The third kappa shape index (κ3) is 4.73. The number of benzene rings is 2. The monoisotopic (exact) mass is 271 g/mol. The van der Waals surface area contributed by atoms with E-state index in [0.717, 1.165) is 13.0 Å². The first kappa shape index (κ1) is 14.2. The van der Waals surface area contributed by atoms with Crippen LogP contribution in [0.3, 0.4) is 0 Å². The first-order valence-electron chi connectivity index (χ1n) is 6.74. The van der Waals surface area contributed by atoms with Gasteiger partial charge in [0.25, 0.3) is 0 Å². The van der Waals surface area contributed by atoms with Crippen molar-refractivity contribution >= 4 is 11.8 Å². The molecule has 0 heterocycles. The van der Waals surface area contributed by atoms with Gasteiger partial charge in [-0.3, -0.25) is 0 Å². The Morgan fingerprint density at radius 3 is 2.21 bits per heavy atom. The molecule has 0 fully saturated rings. The lowest BCUT2D eigenvalue weighted by Gasteiger charge is -2.11. The molecule has 0 amide bonds. The van der Waals surface area contributed by atoms with Crippen molar-refractivity contribution in [1.29, 1.82) is 0 Å². The van der Waals surface area contributed by atoms with Crippen LogP contribution in [-0.4, -0.2) is 13.6 Å². The fourth-order valence-corrected chi connectivity index (χ4v) is 2.98. The summed E-state index contributed by atoms with van der Waals surface area (Å²) in [5, 5.41) is 3.23. The van der Waals surface area contributed by atoms with Crippen molar-refractivity contribution in [3.63, 3.8) is 0 Å². The Morgan fingerprint density at radius 2 is 1.58 bits per heavy atom. The van der Waals surface area contributed by atoms with Crippen LogP contribution in [0.1, 0.15) is 12.5 Å². The minimum Gasteiger partial charge on any atom is -0.319 e. The van der Waals surface area contributed by atoms with Crippen LogP contribution in [-0.2, 0) is 6.42 Å². The molecule has 1 N–H and O–H groups in total. The van der Waals surface area contributed by atoms with Crippen molar-refractivity contribution < 1.29 is 0 Å². The van der Waals surface area contributed by atoms with Gasteiger partial charge in [-0.1, -0.05) is 49.0 Å². The predicted molar refractivity (Wildman–Crippen MR) is 83.8 cm³/mol. The molecule has 0 aliphatic heterocycles. The molecule has 0 aliphatic carbocycles. The first-order chi connectivity index (χ1) is 9.28. The molecule has 1 unspecified atom stereocenters. The molecule has 2 aromatic carbocycles. The van der Waals surface area contributed by atoms with Gasteiger partial charge < -0.3 is 5.32 Å². The summed E-state index contributed by atoms with van der Waals surface area (Å²) in [5.74, 6) is 0.678. The molecule has 0 bridgehead atoms. The normalized spacial score (nSPS) is 12.3. The van der Waals surface area contributed by atoms with Crippen molar-refractivity contribution in [1.82, 2.24) is 5.32 Å². The lowest BCUT2D eigenvalue weighted by molar-refractivity contribution is 0.541. The van der Waals surface area contributed by atoms with Gasteiger partial charge in [0, 0.05) is 9.79 Å². The van der Waals surface area contributed by atoms with Gasteiger partial charge in [0.1, 0.15) is 0 Å². The van der Waals surface area contributed by atoms with Crippen molar-refractivity contribution in [3.05, 3.63) is 60.2 Å². The molecule has 0 spiro atoms. The predicted octanol–water partition coefficient (Wildman–Crippen LogP) is 4.24. The van der Waals surface area contributed by atoms with Crippen LogP contribution < -0.4 is 5.32 Å². The fourth-order valence-electron chi connectivity index (χ4n) is 2.14. The smallest absolute Gasteiger partial charge is 0.0122 e. The van der Waals surface area contributed by atoms with Crippen molar-refractivity contribution in [2.24, 2.45) is 5.92 Å². The molecule has 0 radical (unpaired) electrons. The molecule has 0 saturated carbocycles. The van der Waals surface area contributed by atoms with E-state index in [1.54, 1.807) is 0 Å². The second-order valence-corrected chi connectivity index (χ2v) is 6.07. The van der Waals surface area contributed by atoms with Gasteiger partial charge in [0.15, 0.2) is 0 Å². The van der Waals surface area contributed by atoms with Crippen LogP contribution >= 0.6 is 11.8 Å². The Morgan fingerprint density at radius 1 is 0.947 bits per heavy atom. The van der Waals surface area contributed by atoms with E-state index >= 15 is 0 Å². The molecule has 0 aliphatic rings. The molecule has 100 valence electrons. The minimum absolute atomic E-state index is 0.678. The number of nitrogens with one attached hydrogen (secondary N) is 1. The summed E-state index contributed by atoms with van der Waals surface area (Å²) in [6.45, 7) is 3.35. The second kappa shape index (κ2) is 7.37. The molecule has 1 atom stereocenters. The van der Waals surface area contributed by atoms with Gasteiger partial charge in [-0.2, -0.15) is 0 Å². The molecule has 19 heavy (non-hydrogen) atoms. The maximum Gasteiger partial charge on any atom is 0.0122 e. The zero-order chi connectivity index (χ0) is 13.5. The van der Waals surface area contributed by atoms with Gasteiger partial charge >= 0.3 is 0 Å². The van der Waals surface area contributed by atoms with E-state index in [9.17, 15) is 0 Å². The molecular weight excluding hydrogens is 250 g/mol. The van der Waals surface area contributed by atoms with Crippen molar-refractivity contribution in [3.8, 4) is 0 Å². The summed E-state index contributed by atoms with van der Waals surface area (Å²) in [6, 6.07) is 19.4. The zero-order valence-electron chi connectivity index (χ0n) is 11.6. The Balaban J connectivity index is 1.95. The summed E-state index contributed by atoms with van der Waals surface area (Å²) >= 11 is 1.81. The van der Waals surface area contributed by atoms with E-state index in [-0.39, 0.29) is 0 Å². The summed E-state index contributed by atoms with van der Waals surface area (Å²) in [4.78, 5) is 2.59. The van der Waals surface area contributed by atoms with Crippen molar-refractivity contribution in [2.45, 2.75) is 23.1 Å². The average Bonchev–Trinajstić information content (AvgIpc) is 2.42. The summed E-state index contributed by atoms with van der Waals surface area (Å²) < 4.78 is 0. The Kier molecular flexibility index (Phi) is 5.49. The highest BCUT2D eigenvalue weighted by Crippen LogP contribution is 2.27. The van der Waals surface area contributed by atoms with E-state index < -0.39 is 0 Å². The molecule has 2 aromatic rings. The van der Waals surface area contributed by atoms with Crippen LogP contribution in [0.15, 0.2) is 64.4 Å². The molecule has 2 rings (SSSR count). The topological polar surface area (TPSA) is 12.0 Å². The van der Waals surface area contributed by atoms with Gasteiger partial charge in [-0.05, 0) is 55.8 Å². The quantitative estimate of drug-likeness (QED) is 0.843. The fraction of sp³-hybridized carbons (Fsp3) is 0.294. The SMILES string of the molecule is CNCC(C)Cc1ccc(Sc2ccccc2)cc1. The van der Waals surface area contributed by atoms with Crippen LogP contribution in [0.4, 0.5) is 0 Å². The van der Waals surface area contributed by atoms with E-state index in [1.807, 2.05) is 18.8 Å². The average molecular weight is 271 g/mol. The van der Waals surface area contributed by atoms with Gasteiger partial charge in [0.2, 0.25) is 0 Å². The van der Waals surface area contributed by atoms with Gasteiger partial charge in [-0.15, -0.1) is 0 Å². The summed E-state index contributed by atoms with van der Waals surface area (Å²) in [5.41, 5.74) is 1.42. The van der Waals surface area contributed by atoms with E-state index in [1.165, 1.54) is 15.4 Å². The lowest BCUT2D eigenvalue weighted by atomic mass is 10.0. The van der Waals surface area contributed by atoms with E-state index in [4.69, 9.17) is 0 Å². The molecule has 0 saturated heterocycles. The zero-order valence-corrected chi connectivity index (χ0v) is 12.4. The number of rotatable bonds is 6. The van der Waals surface area contributed by atoms with Gasteiger partial charge in [0.05, 0.1) is 0 Å². The third-order valence-corrected chi connectivity index (χ3v) is 4.05. The lowest BCUT2D eigenvalue weighted by Crippen LogP contribution is -2.17. The van der Waals surface area contributed by atoms with Crippen LogP contribution in [0, 0.1) is 5.92 Å². The second-order valence-electron chi connectivity index (χ2n) is 4.93. The Labute approximate surface area is 120 Å². The number of hydrogen-bond acceptors (Lipinski definition) is 2. The minimum atomic E-state index is 0.678. The number of hydrogen-bond donors (Lipinski definition) is 1. The van der Waals surface area contributed by atoms with Crippen LogP contribution in [0.2, 0.25) is 0 Å². The highest BCUT2D eigenvalue weighted by molar-refractivity contribution is 7.99. The molecule has 1 nitrogen and oxygen atoms in total. The highest BCUT2D eigenvalue weighted by Gasteiger charge is 2.03. The third-order valence-electron chi connectivity index (χ3n) is 3.04. The van der Waals surface area contributed by atoms with E-state index in [2.05, 4.69) is 66.8 Å². The molecular formula is C17H21NS.